The van der Waals surface area contributed by atoms with Crippen molar-refractivity contribution in [3.8, 4) is 0 Å². The topological polar surface area (TPSA) is 89.4 Å². The SMILES string of the molecule is COC(=O)c1cccc(C(Sc2ccnc(C(=O)O)c2)c2cccc(C=Cc3ccc4ccc(Cl)cc4n3)c2)c1. The predicted molar refractivity (Wildman–Crippen MR) is 159 cm³/mol. The summed E-state index contributed by atoms with van der Waals surface area (Å²) in [6.07, 6.45) is 5.42. The zero-order valence-electron chi connectivity index (χ0n) is 21.3. The monoisotopic (exact) mass is 566 g/mol. The fourth-order valence-electron chi connectivity index (χ4n) is 4.22. The molecule has 0 bridgehead atoms. The van der Waals surface area contributed by atoms with E-state index in [0.717, 1.165) is 38.2 Å². The van der Waals surface area contributed by atoms with Crippen molar-refractivity contribution in [2.24, 2.45) is 0 Å². The van der Waals surface area contributed by atoms with Gasteiger partial charge in [0.2, 0.25) is 0 Å². The fourth-order valence-corrected chi connectivity index (χ4v) is 5.54. The van der Waals surface area contributed by atoms with Crippen LogP contribution in [0, 0.1) is 0 Å². The summed E-state index contributed by atoms with van der Waals surface area (Å²) in [4.78, 5) is 33.1. The molecule has 5 aromatic rings. The maximum absolute atomic E-state index is 12.3. The van der Waals surface area contributed by atoms with E-state index >= 15 is 0 Å². The largest absolute Gasteiger partial charge is 0.477 e. The second kappa shape index (κ2) is 12.2. The van der Waals surface area contributed by atoms with Crippen LogP contribution in [0.2, 0.25) is 5.02 Å². The van der Waals surface area contributed by atoms with Crippen LogP contribution in [-0.2, 0) is 4.74 Å². The van der Waals surface area contributed by atoms with Gasteiger partial charge in [0.15, 0.2) is 0 Å². The molecule has 2 heterocycles. The minimum atomic E-state index is -1.09. The number of carbonyl (C=O) groups is 2. The van der Waals surface area contributed by atoms with Crippen LogP contribution in [-0.4, -0.2) is 34.1 Å². The van der Waals surface area contributed by atoms with E-state index in [0.29, 0.717) is 10.6 Å². The van der Waals surface area contributed by atoms with Crippen LogP contribution in [0.4, 0.5) is 0 Å². The molecule has 5 rings (SSSR count). The molecule has 0 amide bonds. The van der Waals surface area contributed by atoms with Gasteiger partial charge >= 0.3 is 11.9 Å². The number of benzene rings is 3. The van der Waals surface area contributed by atoms with Crippen LogP contribution < -0.4 is 0 Å². The normalized spacial score (nSPS) is 11.9. The van der Waals surface area contributed by atoms with E-state index in [1.807, 2.05) is 72.8 Å². The Bertz CT molecular complexity index is 1750. The number of aromatic carboxylic acids is 1. The molecule has 0 saturated carbocycles. The molecule has 2 aromatic heterocycles. The highest BCUT2D eigenvalue weighted by Gasteiger charge is 2.19. The van der Waals surface area contributed by atoms with Gasteiger partial charge in [-0.1, -0.05) is 66.2 Å². The van der Waals surface area contributed by atoms with Crippen LogP contribution in [0.5, 0.6) is 0 Å². The van der Waals surface area contributed by atoms with Gasteiger partial charge in [-0.2, -0.15) is 0 Å². The van der Waals surface area contributed by atoms with Crippen molar-refractivity contribution < 1.29 is 19.4 Å². The third kappa shape index (κ3) is 6.39. The van der Waals surface area contributed by atoms with E-state index in [9.17, 15) is 14.7 Å². The van der Waals surface area contributed by atoms with E-state index in [-0.39, 0.29) is 10.9 Å². The van der Waals surface area contributed by atoms with Crippen molar-refractivity contribution in [3.63, 3.8) is 0 Å². The molecule has 6 nitrogen and oxygen atoms in total. The Morgan fingerprint density at radius 3 is 2.50 bits per heavy atom. The summed E-state index contributed by atoms with van der Waals surface area (Å²) < 4.78 is 4.92. The standard InChI is InChI=1S/C32H23ClN2O4S/c1-39-32(38)24-7-3-6-23(17-24)30(40-27-14-15-34-29(19-27)31(36)37)22-5-2-4-20(16-22)8-12-26-13-10-21-9-11-25(33)18-28(21)35-26/h2-19,30H,1H3,(H,36,37). The summed E-state index contributed by atoms with van der Waals surface area (Å²) >= 11 is 7.62. The average Bonchev–Trinajstić information content (AvgIpc) is 2.98. The van der Waals surface area contributed by atoms with Crippen molar-refractivity contribution in [1.29, 1.82) is 0 Å². The number of nitrogens with zero attached hydrogens (tertiary/aromatic N) is 2. The van der Waals surface area contributed by atoms with Crippen molar-refractivity contribution in [1.82, 2.24) is 9.97 Å². The van der Waals surface area contributed by atoms with Gasteiger partial charge in [-0.05, 0) is 65.2 Å². The molecule has 0 fully saturated rings. The van der Waals surface area contributed by atoms with Gasteiger partial charge < -0.3 is 9.84 Å². The molecule has 1 atom stereocenters. The molecule has 0 spiro atoms. The number of carboxylic acid groups (broad SMARTS) is 1. The lowest BCUT2D eigenvalue weighted by Crippen LogP contribution is -2.04. The second-order valence-electron chi connectivity index (χ2n) is 8.87. The highest BCUT2D eigenvalue weighted by molar-refractivity contribution is 7.99. The predicted octanol–water partition coefficient (Wildman–Crippen LogP) is 7.82. The molecule has 40 heavy (non-hydrogen) atoms. The summed E-state index contributed by atoms with van der Waals surface area (Å²) in [5, 5.41) is 10.8. The number of carbonyl (C=O) groups excluding carboxylic acids is 1. The van der Waals surface area contributed by atoms with Gasteiger partial charge in [0, 0.05) is 21.5 Å². The zero-order chi connectivity index (χ0) is 28.1. The molecular weight excluding hydrogens is 544 g/mol. The number of hydrogen-bond donors (Lipinski definition) is 1. The van der Waals surface area contributed by atoms with Gasteiger partial charge in [0.05, 0.1) is 29.1 Å². The lowest BCUT2D eigenvalue weighted by atomic mass is 10.00. The Morgan fingerprint density at radius 2 is 1.70 bits per heavy atom. The average molecular weight is 567 g/mol. The molecule has 8 heteroatoms. The molecule has 0 aliphatic rings. The molecule has 0 aliphatic carbocycles. The molecule has 0 radical (unpaired) electrons. The number of fused-ring (bicyclic) bond motifs is 1. The summed E-state index contributed by atoms with van der Waals surface area (Å²) in [6, 6.07) is 28.2. The Labute approximate surface area is 240 Å². The smallest absolute Gasteiger partial charge is 0.354 e. The Morgan fingerprint density at radius 1 is 0.925 bits per heavy atom. The first-order chi connectivity index (χ1) is 19.4. The highest BCUT2D eigenvalue weighted by Crippen LogP contribution is 2.41. The first kappa shape index (κ1) is 27.1. The van der Waals surface area contributed by atoms with Crippen LogP contribution >= 0.6 is 23.4 Å². The number of aromatic nitrogens is 2. The molecule has 1 N–H and O–H groups in total. The van der Waals surface area contributed by atoms with E-state index in [4.69, 9.17) is 21.3 Å². The number of esters is 1. The lowest BCUT2D eigenvalue weighted by molar-refractivity contribution is 0.0599. The van der Waals surface area contributed by atoms with Crippen LogP contribution in [0.15, 0.2) is 102 Å². The van der Waals surface area contributed by atoms with Crippen LogP contribution in [0.1, 0.15) is 48.5 Å². The van der Waals surface area contributed by atoms with Crippen molar-refractivity contribution in [3.05, 3.63) is 136 Å². The van der Waals surface area contributed by atoms with E-state index in [1.165, 1.54) is 25.1 Å². The van der Waals surface area contributed by atoms with Gasteiger partial charge in [0.1, 0.15) is 5.69 Å². The minimum absolute atomic E-state index is 0.0343. The number of hydrogen-bond acceptors (Lipinski definition) is 6. The number of thioether (sulfide) groups is 1. The summed E-state index contributed by atoms with van der Waals surface area (Å²) in [5.74, 6) is -1.52. The summed E-state index contributed by atoms with van der Waals surface area (Å²) in [7, 11) is 1.35. The minimum Gasteiger partial charge on any atom is -0.477 e. The first-order valence-corrected chi connectivity index (χ1v) is 13.5. The number of methoxy groups -OCH3 is 1. The van der Waals surface area contributed by atoms with E-state index < -0.39 is 11.9 Å². The second-order valence-corrected chi connectivity index (χ2v) is 10.5. The molecule has 198 valence electrons. The van der Waals surface area contributed by atoms with Gasteiger partial charge in [0.25, 0.3) is 0 Å². The lowest BCUT2D eigenvalue weighted by Gasteiger charge is -2.19. The zero-order valence-corrected chi connectivity index (χ0v) is 22.9. The summed E-state index contributed by atoms with van der Waals surface area (Å²) in [6.45, 7) is 0. The Balaban J connectivity index is 1.50. The van der Waals surface area contributed by atoms with Crippen LogP contribution in [0.25, 0.3) is 23.1 Å². The molecule has 0 aliphatic heterocycles. The van der Waals surface area contributed by atoms with Crippen molar-refractivity contribution >= 4 is 58.4 Å². The third-order valence-corrected chi connectivity index (χ3v) is 7.69. The van der Waals surface area contributed by atoms with Gasteiger partial charge in [-0.15, -0.1) is 11.8 Å². The first-order valence-electron chi connectivity index (χ1n) is 12.3. The van der Waals surface area contributed by atoms with Crippen LogP contribution in [0.3, 0.4) is 0 Å². The maximum atomic E-state index is 12.3. The Kier molecular flexibility index (Phi) is 8.24. The maximum Gasteiger partial charge on any atom is 0.354 e. The van der Waals surface area contributed by atoms with Crippen molar-refractivity contribution in [2.75, 3.05) is 7.11 Å². The number of carboxylic acids is 1. The summed E-state index contributed by atoms with van der Waals surface area (Å²) in [5.41, 5.74) is 4.83. The molecule has 3 aromatic carbocycles. The van der Waals surface area contributed by atoms with E-state index in [1.54, 1.807) is 24.3 Å². The van der Waals surface area contributed by atoms with E-state index in [2.05, 4.69) is 11.1 Å². The quantitative estimate of drug-likeness (QED) is 0.151. The fraction of sp³-hybridized carbons (Fsp3) is 0.0625. The van der Waals surface area contributed by atoms with Gasteiger partial charge in [-0.25, -0.2) is 19.6 Å². The number of rotatable bonds is 8. The number of ether oxygens (including phenoxy) is 1. The van der Waals surface area contributed by atoms with Crippen molar-refractivity contribution in [2.45, 2.75) is 10.1 Å². The Hall–Kier alpha value is -4.46. The van der Waals surface area contributed by atoms with Gasteiger partial charge in [-0.3, -0.25) is 0 Å². The third-order valence-electron chi connectivity index (χ3n) is 6.15. The number of pyridine rings is 2. The molecule has 0 saturated heterocycles. The molecular formula is C32H23ClN2O4S. The highest BCUT2D eigenvalue weighted by atomic mass is 35.5. The molecule has 1 unspecified atom stereocenters. The number of halogens is 1.